The van der Waals surface area contributed by atoms with Crippen molar-refractivity contribution >= 4 is 5.91 Å². The second-order valence-electron chi connectivity index (χ2n) is 5.77. The molecule has 104 valence electrons. The molecule has 1 amide bonds. The van der Waals surface area contributed by atoms with Gasteiger partial charge >= 0.3 is 0 Å². The number of nitrogens with one attached hydrogen (secondary N) is 1. The molecule has 1 saturated carbocycles. The third kappa shape index (κ3) is 3.69. The fraction of sp³-hybridized carbons (Fsp3) is 0.929. The molecule has 1 N–H and O–H groups in total. The summed E-state index contributed by atoms with van der Waals surface area (Å²) >= 11 is 0. The van der Waals surface area contributed by atoms with Crippen molar-refractivity contribution < 1.29 is 9.53 Å². The summed E-state index contributed by atoms with van der Waals surface area (Å²) in [5, 5.41) is 3.32. The molecule has 1 heterocycles. The second-order valence-corrected chi connectivity index (χ2v) is 5.77. The minimum absolute atomic E-state index is 0.0245. The van der Waals surface area contributed by atoms with Crippen LogP contribution in [0.3, 0.4) is 0 Å². The molecule has 1 aliphatic heterocycles. The molecule has 0 aromatic heterocycles. The van der Waals surface area contributed by atoms with Gasteiger partial charge in [0.1, 0.15) is 0 Å². The van der Waals surface area contributed by atoms with Gasteiger partial charge in [-0.05, 0) is 19.3 Å². The number of hydrogen-bond acceptors (Lipinski definition) is 3. The van der Waals surface area contributed by atoms with Crippen molar-refractivity contribution in [3.05, 3.63) is 0 Å². The van der Waals surface area contributed by atoms with E-state index >= 15 is 0 Å². The summed E-state index contributed by atoms with van der Waals surface area (Å²) in [6.45, 7) is 6.49. The van der Waals surface area contributed by atoms with Gasteiger partial charge in [-0.3, -0.25) is 4.79 Å². The first kappa shape index (κ1) is 13.8. The van der Waals surface area contributed by atoms with Crippen LogP contribution in [0.2, 0.25) is 0 Å². The van der Waals surface area contributed by atoms with Crippen LogP contribution in [0.4, 0.5) is 0 Å². The first-order valence-corrected chi connectivity index (χ1v) is 7.33. The van der Waals surface area contributed by atoms with Crippen molar-refractivity contribution in [3.8, 4) is 0 Å². The summed E-state index contributed by atoms with van der Waals surface area (Å²) in [4.78, 5) is 14.0. The predicted octanol–water partition coefficient (Wildman–Crippen LogP) is 1.54. The molecule has 2 fully saturated rings. The van der Waals surface area contributed by atoms with Gasteiger partial charge in [0.2, 0.25) is 5.91 Å². The monoisotopic (exact) mass is 254 g/mol. The zero-order valence-electron chi connectivity index (χ0n) is 11.7. The van der Waals surface area contributed by atoms with Gasteiger partial charge < -0.3 is 15.0 Å². The van der Waals surface area contributed by atoms with Crippen LogP contribution in [-0.2, 0) is 9.53 Å². The van der Waals surface area contributed by atoms with Crippen molar-refractivity contribution in [2.75, 3.05) is 19.7 Å². The number of hydrogen-bond donors (Lipinski definition) is 1. The largest absolute Gasteiger partial charge is 0.376 e. The molecule has 1 unspecified atom stereocenters. The maximum Gasteiger partial charge on any atom is 0.239 e. The van der Waals surface area contributed by atoms with Gasteiger partial charge in [-0.1, -0.05) is 26.7 Å². The highest BCUT2D eigenvalue weighted by molar-refractivity contribution is 5.84. The molecule has 4 nitrogen and oxygen atoms in total. The lowest BCUT2D eigenvalue weighted by Gasteiger charge is -2.19. The number of rotatable bonds is 6. The molecule has 0 aromatic carbocycles. The molecule has 1 atom stereocenters. The zero-order chi connectivity index (χ0) is 13.0. The molecule has 18 heavy (non-hydrogen) atoms. The molecule has 0 spiro atoms. The fourth-order valence-corrected chi connectivity index (χ4v) is 2.90. The summed E-state index contributed by atoms with van der Waals surface area (Å²) in [6, 6.07) is 0.394. The number of carbonyl (C=O) groups excluding carboxylic acids is 1. The van der Waals surface area contributed by atoms with E-state index in [1.54, 1.807) is 0 Å². The van der Waals surface area contributed by atoms with Crippen molar-refractivity contribution in [2.45, 2.75) is 64.1 Å². The predicted molar refractivity (Wildman–Crippen MR) is 71.5 cm³/mol. The Morgan fingerprint density at radius 3 is 2.72 bits per heavy atom. The van der Waals surface area contributed by atoms with Crippen molar-refractivity contribution in [1.82, 2.24) is 10.2 Å². The zero-order valence-corrected chi connectivity index (χ0v) is 11.7. The Bertz CT molecular complexity index is 275. The summed E-state index contributed by atoms with van der Waals surface area (Å²) in [5.41, 5.74) is 0. The quantitative estimate of drug-likeness (QED) is 0.782. The van der Waals surface area contributed by atoms with Gasteiger partial charge in [-0.2, -0.15) is 0 Å². The number of ether oxygens (including phenoxy) is 1. The normalized spacial score (nSPS) is 25.6. The molecule has 2 aliphatic rings. The highest BCUT2D eigenvalue weighted by Crippen LogP contribution is 2.21. The molecule has 4 heteroatoms. The second kappa shape index (κ2) is 6.53. The van der Waals surface area contributed by atoms with Crippen LogP contribution < -0.4 is 5.32 Å². The van der Waals surface area contributed by atoms with Crippen LogP contribution in [0.25, 0.3) is 0 Å². The first-order valence-electron chi connectivity index (χ1n) is 7.33. The van der Waals surface area contributed by atoms with E-state index in [2.05, 4.69) is 19.2 Å². The lowest BCUT2D eigenvalue weighted by Crippen LogP contribution is -2.42. The number of amides is 1. The van der Waals surface area contributed by atoms with Crippen LogP contribution >= 0.6 is 0 Å². The molecule has 2 rings (SSSR count). The Balaban J connectivity index is 1.66. The Hall–Kier alpha value is -0.610. The maximum atomic E-state index is 12.1. The topological polar surface area (TPSA) is 41.6 Å². The molecule has 0 radical (unpaired) electrons. The summed E-state index contributed by atoms with van der Waals surface area (Å²) < 4.78 is 5.82. The van der Waals surface area contributed by atoms with Gasteiger partial charge in [-0.25, -0.2) is 0 Å². The van der Waals surface area contributed by atoms with Gasteiger partial charge in [0, 0.05) is 19.1 Å². The maximum absolute atomic E-state index is 12.1. The van der Waals surface area contributed by atoms with Crippen LogP contribution in [0.1, 0.15) is 46.0 Å². The van der Waals surface area contributed by atoms with E-state index in [0.717, 1.165) is 19.5 Å². The van der Waals surface area contributed by atoms with Gasteiger partial charge in [0.25, 0.3) is 0 Å². The van der Waals surface area contributed by atoms with E-state index in [9.17, 15) is 4.79 Å². The van der Waals surface area contributed by atoms with Crippen LogP contribution in [-0.4, -0.2) is 48.7 Å². The lowest BCUT2D eigenvalue weighted by atomic mass is 10.2. The summed E-state index contributed by atoms with van der Waals surface area (Å²) in [5.74, 6) is 0.249. The Kier molecular flexibility index (Phi) is 5.01. The SMILES string of the molecule is CC(C)NC1CCN(CCOC2CCCC2)C1=O. The van der Waals surface area contributed by atoms with E-state index in [-0.39, 0.29) is 11.9 Å². The van der Waals surface area contributed by atoms with Gasteiger partial charge in [0.05, 0.1) is 18.8 Å². The molecular weight excluding hydrogens is 228 g/mol. The van der Waals surface area contributed by atoms with Crippen molar-refractivity contribution in [1.29, 1.82) is 0 Å². The summed E-state index contributed by atoms with van der Waals surface area (Å²) in [6.07, 6.45) is 6.38. The number of carbonyl (C=O) groups is 1. The minimum atomic E-state index is 0.0245. The van der Waals surface area contributed by atoms with E-state index in [1.165, 1.54) is 25.7 Å². The van der Waals surface area contributed by atoms with Crippen molar-refractivity contribution in [2.24, 2.45) is 0 Å². The standard InChI is InChI=1S/C14H26N2O2/c1-11(2)15-13-7-8-16(14(13)17)9-10-18-12-5-3-4-6-12/h11-13,15H,3-10H2,1-2H3. The lowest BCUT2D eigenvalue weighted by molar-refractivity contribution is -0.130. The number of nitrogens with zero attached hydrogens (tertiary/aromatic N) is 1. The highest BCUT2D eigenvalue weighted by atomic mass is 16.5. The Labute approximate surface area is 110 Å². The van der Waals surface area contributed by atoms with Crippen LogP contribution in [0.15, 0.2) is 0 Å². The van der Waals surface area contributed by atoms with E-state index < -0.39 is 0 Å². The first-order chi connectivity index (χ1) is 8.66. The van der Waals surface area contributed by atoms with Gasteiger partial charge in [-0.15, -0.1) is 0 Å². The fourth-order valence-electron chi connectivity index (χ4n) is 2.90. The van der Waals surface area contributed by atoms with E-state index in [0.29, 0.717) is 18.8 Å². The third-order valence-corrected chi connectivity index (χ3v) is 3.85. The molecule has 0 bridgehead atoms. The highest BCUT2D eigenvalue weighted by Gasteiger charge is 2.31. The number of likely N-dealkylation sites (tertiary alicyclic amines) is 1. The average Bonchev–Trinajstić information content (AvgIpc) is 2.93. The van der Waals surface area contributed by atoms with Crippen LogP contribution in [0.5, 0.6) is 0 Å². The van der Waals surface area contributed by atoms with Crippen LogP contribution in [0, 0.1) is 0 Å². The molecule has 1 saturated heterocycles. The molecular formula is C14H26N2O2. The van der Waals surface area contributed by atoms with Gasteiger partial charge in [0.15, 0.2) is 0 Å². The molecule has 0 aromatic rings. The van der Waals surface area contributed by atoms with E-state index in [4.69, 9.17) is 4.74 Å². The van der Waals surface area contributed by atoms with Crippen molar-refractivity contribution in [3.63, 3.8) is 0 Å². The smallest absolute Gasteiger partial charge is 0.239 e. The molecule has 1 aliphatic carbocycles. The Morgan fingerprint density at radius 2 is 2.06 bits per heavy atom. The Morgan fingerprint density at radius 1 is 1.33 bits per heavy atom. The minimum Gasteiger partial charge on any atom is -0.376 e. The van der Waals surface area contributed by atoms with E-state index in [1.807, 2.05) is 4.90 Å². The third-order valence-electron chi connectivity index (χ3n) is 3.85. The average molecular weight is 254 g/mol. The summed E-state index contributed by atoms with van der Waals surface area (Å²) in [7, 11) is 0.